The van der Waals surface area contributed by atoms with Crippen LogP contribution in [0.4, 0.5) is 0 Å². The number of amides is 3. The second kappa shape index (κ2) is 11.8. The average Bonchev–Trinajstić information content (AvgIpc) is 3.34. The zero-order valence-electron chi connectivity index (χ0n) is 20.8. The van der Waals surface area contributed by atoms with Gasteiger partial charge in [-0.2, -0.15) is 5.10 Å². The molecular formula is C29H27N5O4. The van der Waals surface area contributed by atoms with Crippen LogP contribution in [0.1, 0.15) is 37.7 Å². The number of aromatic nitrogens is 2. The van der Waals surface area contributed by atoms with Crippen molar-refractivity contribution in [3.05, 3.63) is 119 Å². The minimum Gasteiger partial charge on any atom is -0.363 e. The van der Waals surface area contributed by atoms with E-state index in [1.165, 1.54) is 4.68 Å². The Morgan fingerprint density at radius 2 is 1.50 bits per heavy atom. The average molecular weight is 510 g/mol. The predicted octanol–water partition coefficient (Wildman–Crippen LogP) is 2.51. The molecule has 38 heavy (non-hydrogen) atoms. The van der Waals surface area contributed by atoms with Crippen molar-refractivity contribution in [3.8, 4) is 5.69 Å². The van der Waals surface area contributed by atoms with Crippen molar-refractivity contribution in [1.82, 2.24) is 20.4 Å². The molecule has 4 N–H and O–H groups in total. The molecular weight excluding hydrogens is 482 g/mol. The van der Waals surface area contributed by atoms with Crippen molar-refractivity contribution in [1.29, 1.82) is 0 Å². The minimum absolute atomic E-state index is 0.109. The second-order valence-electron chi connectivity index (χ2n) is 8.75. The Labute approximate surface area is 219 Å². The van der Waals surface area contributed by atoms with E-state index < -0.39 is 23.6 Å². The number of Topliss-reactive ketones (excluding diaryl/α,β-unsaturated/α-hetero) is 1. The summed E-state index contributed by atoms with van der Waals surface area (Å²) in [5.74, 6) is -2.79. The lowest BCUT2D eigenvalue weighted by molar-refractivity contribution is -0.137. The number of ketones is 1. The van der Waals surface area contributed by atoms with Gasteiger partial charge < -0.3 is 16.4 Å². The number of carbonyl (C=O) groups is 4. The van der Waals surface area contributed by atoms with Gasteiger partial charge in [-0.25, -0.2) is 4.68 Å². The summed E-state index contributed by atoms with van der Waals surface area (Å²) in [5.41, 5.74) is 8.73. The molecule has 192 valence electrons. The topological polar surface area (TPSA) is 136 Å². The molecule has 0 spiro atoms. The number of nitrogens with one attached hydrogen (secondary N) is 2. The SMILES string of the molecule is Cc1cc(C(=O)N[C@@H](Cc2ccccc2)C(=O)C(N)=O)n(-c2cccc(CNC(=O)c3ccccc3)c2)n1. The van der Waals surface area contributed by atoms with Crippen LogP contribution in [0.2, 0.25) is 0 Å². The summed E-state index contributed by atoms with van der Waals surface area (Å²) >= 11 is 0. The van der Waals surface area contributed by atoms with E-state index in [9.17, 15) is 19.2 Å². The molecule has 0 aliphatic rings. The van der Waals surface area contributed by atoms with Gasteiger partial charge in [-0.3, -0.25) is 19.2 Å². The van der Waals surface area contributed by atoms with Gasteiger partial charge in [0, 0.05) is 18.5 Å². The first-order valence-corrected chi connectivity index (χ1v) is 12.0. The summed E-state index contributed by atoms with van der Waals surface area (Å²) in [6.45, 7) is 2.02. The summed E-state index contributed by atoms with van der Waals surface area (Å²) < 4.78 is 1.46. The van der Waals surface area contributed by atoms with Crippen molar-refractivity contribution >= 4 is 23.5 Å². The van der Waals surface area contributed by atoms with E-state index in [0.717, 1.165) is 11.1 Å². The molecule has 0 bridgehead atoms. The number of hydrogen-bond acceptors (Lipinski definition) is 5. The van der Waals surface area contributed by atoms with Crippen LogP contribution in [-0.4, -0.2) is 39.3 Å². The zero-order valence-corrected chi connectivity index (χ0v) is 20.8. The number of hydrogen-bond donors (Lipinski definition) is 3. The van der Waals surface area contributed by atoms with Gasteiger partial charge in [0.05, 0.1) is 11.4 Å². The number of benzene rings is 3. The molecule has 0 aliphatic carbocycles. The second-order valence-corrected chi connectivity index (χ2v) is 8.75. The lowest BCUT2D eigenvalue weighted by atomic mass is 10.0. The van der Waals surface area contributed by atoms with Crippen LogP contribution in [-0.2, 0) is 22.6 Å². The Balaban J connectivity index is 1.53. The number of rotatable bonds is 10. The van der Waals surface area contributed by atoms with Gasteiger partial charge in [0.1, 0.15) is 11.7 Å². The number of nitrogens with two attached hydrogens (primary N) is 1. The van der Waals surface area contributed by atoms with Crippen LogP contribution < -0.4 is 16.4 Å². The fraction of sp³-hybridized carbons (Fsp3) is 0.138. The molecule has 0 unspecified atom stereocenters. The molecule has 1 heterocycles. The third-order valence-electron chi connectivity index (χ3n) is 5.86. The lowest BCUT2D eigenvalue weighted by Crippen LogP contribution is -2.47. The fourth-order valence-corrected chi connectivity index (χ4v) is 3.99. The van der Waals surface area contributed by atoms with Gasteiger partial charge in [-0.15, -0.1) is 0 Å². The maximum atomic E-state index is 13.3. The number of aryl methyl sites for hydroxylation is 1. The van der Waals surface area contributed by atoms with Gasteiger partial charge in [-0.1, -0.05) is 60.7 Å². The molecule has 9 heteroatoms. The van der Waals surface area contributed by atoms with Gasteiger partial charge >= 0.3 is 0 Å². The monoisotopic (exact) mass is 509 g/mol. The highest BCUT2D eigenvalue weighted by atomic mass is 16.2. The van der Waals surface area contributed by atoms with E-state index in [1.807, 2.05) is 24.3 Å². The lowest BCUT2D eigenvalue weighted by Gasteiger charge is -2.17. The van der Waals surface area contributed by atoms with Crippen molar-refractivity contribution in [2.75, 3.05) is 0 Å². The van der Waals surface area contributed by atoms with E-state index in [0.29, 0.717) is 16.9 Å². The van der Waals surface area contributed by atoms with Crippen LogP contribution in [0.3, 0.4) is 0 Å². The highest BCUT2D eigenvalue weighted by Gasteiger charge is 2.27. The number of carbonyl (C=O) groups excluding carboxylic acids is 4. The van der Waals surface area contributed by atoms with E-state index in [-0.39, 0.29) is 24.6 Å². The minimum atomic E-state index is -1.13. The predicted molar refractivity (Wildman–Crippen MR) is 142 cm³/mol. The summed E-state index contributed by atoms with van der Waals surface area (Å²) in [7, 11) is 0. The van der Waals surface area contributed by atoms with Gasteiger partial charge in [0.25, 0.3) is 17.7 Å². The number of primary amides is 1. The first kappa shape index (κ1) is 26.0. The summed E-state index contributed by atoms with van der Waals surface area (Å²) in [6.07, 6.45) is 0.109. The molecule has 0 aliphatic heterocycles. The maximum Gasteiger partial charge on any atom is 0.287 e. The molecule has 0 radical (unpaired) electrons. The van der Waals surface area contributed by atoms with E-state index in [2.05, 4.69) is 15.7 Å². The first-order chi connectivity index (χ1) is 18.3. The molecule has 9 nitrogen and oxygen atoms in total. The zero-order chi connectivity index (χ0) is 27.1. The Bertz CT molecular complexity index is 1460. The molecule has 0 saturated heterocycles. The molecule has 1 aromatic heterocycles. The molecule has 0 fully saturated rings. The van der Waals surface area contributed by atoms with Crippen molar-refractivity contribution in [2.45, 2.75) is 25.9 Å². The van der Waals surface area contributed by atoms with Crippen molar-refractivity contribution in [2.24, 2.45) is 5.73 Å². The Morgan fingerprint density at radius 3 is 2.18 bits per heavy atom. The molecule has 1 atom stereocenters. The summed E-state index contributed by atoms with van der Waals surface area (Å²) in [6, 6.07) is 25.6. The van der Waals surface area contributed by atoms with Crippen LogP contribution >= 0.6 is 0 Å². The van der Waals surface area contributed by atoms with Crippen LogP contribution in [0, 0.1) is 6.92 Å². The standard InChI is InChI=1S/C29H27N5O4/c1-19-15-25(29(38)32-24(26(35)27(30)36)17-20-9-4-2-5-10-20)34(33-19)23-14-8-11-21(16-23)18-31-28(37)22-12-6-3-7-13-22/h2-16,24H,17-18H2,1H3,(H2,30,36)(H,31,37)(H,32,38)/t24-/m0/s1. The van der Waals surface area contributed by atoms with Crippen LogP contribution in [0.25, 0.3) is 5.69 Å². The summed E-state index contributed by atoms with van der Waals surface area (Å²) in [5, 5.41) is 9.98. The fourth-order valence-electron chi connectivity index (χ4n) is 3.99. The quantitative estimate of drug-likeness (QED) is 0.282. The normalized spacial score (nSPS) is 11.4. The summed E-state index contributed by atoms with van der Waals surface area (Å²) in [4.78, 5) is 49.9. The third kappa shape index (κ3) is 6.38. The van der Waals surface area contributed by atoms with Crippen molar-refractivity contribution in [3.63, 3.8) is 0 Å². The molecule has 4 aromatic rings. The van der Waals surface area contributed by atoms with Crippen LogP contribution in [0.5, 0.6) is 0 Å². The van der Waals surface area contributed by atoms with E-state index >= 15 is 0 Å². The Hall–Kier alpha value is -5.05. The number of nitrogens with zero attached hydrogens (tertiary/aromatic N) is 2. The van der Waals surface area contributed by atoms with Gasteiger partial charge in [0.15, 0.2) is 0 Å². The van der Waals surface area contributed by atoms with E-state index in [1.54, 1.807) is 73.7 Å². The largest absolute Gasteiger partial charge is 0.363 e. The van der Waals surface area contributed by atoms with E-state index in [4.69, 9.17) is 5.73 Å². The Kier molecular flexibility index (Phi) is 8.07. The molecule has 3 aromatic carbocycles. The maximum absolute atomic E-state index is 13.3. The van der Waals surface area contributed by atoms with Gasteiger partial charge in [0.2, 0.25) is 5.78 Å². The van der Waals surface area contributed by atoms with Crippen molar-refractivity contribution < 1.29 is 19.2 Å². The van der Waals surface area contributed by atoms with Gasteiger partial charge in [-0.05, 0) is 48.4 Å². The molecule has 3 amide bonds. The molecule has 4 rings (SSSR count). The smallest absolute Gasteiger partial charge is 0.287 e. The third-order valence-corrected chi connectivity index (χ3v) is 5.86. The Morgan fingerprint density at radius 1 is 0.842 bits per heavy atom. The first-order valence-electron chi connectivity index (χ1n) is 12.0. The molecule has 0 saturated carbocycles. The highest BCUT2D eigenvalue weighted by Crippen LogP contribution is 2.16. The van der Waals surface area contributed by atoms with Crippen LogP contribution in [0.15, 0.2) is 91.0 Å². The highest BCUT2D eigenvalue weighted by molar-refractivity contribution is 6.38.